The number of aliphatic hydroxyl groups excluding tert-OH is 1. The van der Waals surface area contributed by atoms with E-state index in [9.17, 15) is 14.7 Å². The Kier molecular flexibility index (Phi) is 2.52. The molecule has 2 bridgehead atoms. The van der Waals surface area contributed by atoms with Crippen molar-refractivity contribution >= 4 is 17.5 Å². The lowest BCUT2D eigenvalue weighted by molar-refractivity contribution is -0.131. The molecule has 114 valence electrons. The summed E-state index contributed by atoms with van der Waals surface area (Å²) in [5, 5.41) is 9.74. The molecule has 4 atom stereocenters. The molecule has 3 aliphatic rings. The SMILES string of the molecule is Cc1ccc(N2C(=O)[C@H]3[C@H](C2=O)[C@@]2(CO)C=C[C@@]3(C)O2)cc1. The first-order valence-electron chi connectivity index (χ1n) is 7.38. The van der Waals surface area contributed by atoms with Crippen LogP contribution in [0, 0.1) is 18.8 Å². The molecular weight excluding hydrogens is 282 g/mol. The molecule has 2 saturated heterocycles. The third kappa shape index (κ3) is 1.45. The number of fused-ring (bicyclic) bond motifs is 5. The fraction of sp³-hybridized carbons (Fsp3) is 0.412. The van der Waals surface area contributed by atoms with Crippen LogP contribution in [0.5, 0.6) is 0 Å². The topological polar surface area (TPSA) is 66.8 Å². The Morgan fingerprint density at radius 2 is 1.77 bits per heavy atom. The van der Waals surface area contributed by atoms with Gasteiger partial charge in [-0.15, -0.1) is 0 Å². The van der Waals surface area contributed by atoms with Crippen molar-refractivity contribution in [1.29, 1.82) is 0 Å². The number of hydrogen-bond acceptors (Lipinski definition) is 4. The number of nitrogens with zero attached hydrogens (tertiary/aromatic N) is 1. The summed E-state index contributed by atoms with van der Waals surface area (Å²) in [6, 6.07) is 7.29. The third-order valence-corrected chi connectivity index (χ3v) is 5.10. The monoisotopic (exact) mass is 299 g/mol. The molecule has 0 radical (unpaired) electrons. The van der Waals surface area contributed by atoms with E-state index < -0.39 is 23.0 Å². The summed E-state index contributed by atoms with van der Waals surface area (Å²) in [6.45, 7) is 3.45. The maximum atomic E-state index is 12.9. The van der Waals surface area contributed by atoms with Crippen molar-refractivity contribution in [2.75, 3.05) is 11.5 Å². The molecule has 0 spiro atoms. The summed E-state index contributed by atoms with van der Waals surface area (Å²) < 4.78 is 5.88. The Morgan fingerprint density at radius 3 is 2.41 bits per heavy atom. The first kappa shape index (κ1) is 13.7. The molecule has 1 aromatic rings. The highest BCUT2D eigenvalue weighted by Crippen LogP contribution is 2.57. The van der Waals surface area contributed by atoms with E-state index in [-0.39, 0.29) is 18.4 Å². The lowest BCUT2D eigenvalue weighted by Crippen LogP contribution is -2.43. The fourth-order valence-corrected chi connectivity index (χ4v) is 3.99. The van der Waals surface area contributed by atoms with Crippen molar-refractivity contribution in [2.24, 2.45) is 11.8 Å². The van der Waals surface area contributed by atoms with Crippen LogP contribution in [0.4, 0.5) is 5.69 Å². The van der Waals surface area contributed by atoms with Crippen molar-refractivity contribution < 1.29 is 19.4 Å². The quantitative estimate of drug-likeness (QED) is 0.658. The van der Waals surface area contributed by atoms with Crippen LogP contribution in [0.3, 0.4) is 0 Å². The zero-order valence-corrected chi connectivity index (χ0v) is 12.4. The standard InChI is InChI=1S/C17H17NO4/c1-10-3-5-11(6-4-10)18-14(20)12-13(15(18)21)17(9-19)8-7-16(12,2)22-17/h3-8,12-13,19H,9H2,1-2H3/t12-,13-,16-,17+/m1/s1. The van der Waals surface area contributed by atoms with Gasteiger partial charge in [0.15, 0.2) is 0 Å². The molecule has 4 rings (SSSR count). The van der Waals surface area contributed by atoms with Crippen LogP contribution in [-0.4, -0.2) is 34.7 Å². The molecule has 0 unspecified atom stereocenters. The van der Waals surface area contributed by atoms with Crippen molar-refractivity contribution in [3.05, 3.63) is 42.0 Å². The van der Waals surface area contributed by atoms with Gasteiger partial charge in [0.05, 0.1) is 29.7 Å². The highest BCUT2D eigenvalue weighted by molar-refractivity contribution is 6.23. The fourth-order valence-electron chi connectivity index (χ4n) is 3.99. The predicted octanol–water partition coefficient (Wildman–Crippen LogP) is 1.19. The average Bonchev–Trinajstić information content (AvgIpc) is 3.07. The molecular formula is C17H17NO4. The molecule has 5 heteroatoms. The number of carbonyl (C=O) groups is 2. The van der Waals surface area contributed by atoms with Gasteiger partial charge in [0, 0.05) is 0 Å². The lowest BCUT2D eigenvalue weighted by Gasteiger charge is -2.26. The van der Waals surface area contributed by atoms with Gasteiger partial charge in [-0.1, -0.05) is 29.8 Å². The van der Waals surface area contributed by atoms with Gasteiger partial charge in [-0.3, -0.25) is 9.59 Å². The summed E-state index contributed by atoms with van der Waals surface area (Å²) in [5.41, 5.74) is -0.247. The molecule has 3 aliphatic heterocycles. The molecule has 3 heterocycles. The molecule has 22 heavy (non-hydrogen) atoms. The zero-order valence-electron chi connectivity index (χ0n) is 12.4. The summed E-state index contributed by atoms with van der Waals surface area (Å²) in [6.07, 6.45) is 3.53. The number of rotatable bonds is 2. The van der Waals surface area contributed by atoms with E-state index in [1.165, 1.54) is 4.90 Å². The second-order valence-corrected chi connectivity index (χ2v) is 6.54. The van der Waals surface area contributed by atoms with Crippen LogP contribution >= 0.6 is 0 Å². The number of hydrogen-bond donors (Lipinski definition) is 1. The third-order valence-electron chi connectivity index (χ3n) is 5.10. The van der Waals surface area contributed by atoms with Crippen LogP contribution in [0.25, 0.3) is 0 Å². The number of anilines is 1. The molecule has 0 saturated carbocycles. The molecule has 1 N–H and O–H groups in total. The molecule has 2 amide bonds. The smallest absolute Gasteiger partial charge is 0.241 e. The van der Waals surface area contributed by atoms with E-state index in [1.807, 2.05) is 19.1 Å². The van der Waals surface area contributed by atoms with Gasteiger partial charge in [-0.05, 0) is 26.0 Å². The number of ether oxygens (including phenoxy) is 1. The van der Waals surface area contributed by atoms with Crippen molar-refractivity contribution in [3.8, 4) is 0 Å². The molecule has 0 aromatic heterocycles. The van der Waals surface area contributed by atoms with E-state index in [0.717, 1.165) is 5.56 Å². The van der Waals surface area contributed by atoms with E-state index >= 15 is 0 Å². The molecule has 1 aromatic carbocycles. The predicted molar refractivity (Wildman–Crippen MR) is 79.1 cm³/mol. The normalized spacial score (nSPS) is 39.0. The second-order valence-electron chi connectivity index (χ2n) is 6.54. The highest BCUT2D eigenvalue weighted by atomic mass is 16.5. The zero-order chi connectivity index (χ0) is 15.7. The van der Waals surface area contributed by atoms with Crippen LogP contribution in [-0.2, 0) is 14.3 Å². The summed E-state index contributed by atoms with van der Waals surface area (Å²) in [7, 11) is 0. The Morgan fingerprint density at radius 1 is 1.14 bits per heavy atom. The first-order valence-corrected chi connectivity index (χ1v) is 7.38. The van der Waals surface area contributed by atoms with Crippen LogP contribution in [0.2, 0.25) is 0 Å². The van der Waals surface area contributed by atoms with Gasteiger partial charge in [0.25, 0.3) is 0 Å². The van der Waals surface area contributed by atoms with Gasteiger partial charge >= 0.3 is 0 Å². The number of benzene rings is 1. The van der Waals surface area contributed by atoms with Crippen LogP contribution in [0.1, 0.15) is 12.5 Å². The summed E-state index contributed by atoms with van der Waals surface area (Å²) >= 11 is 0. The lowest BCUT2D eigenvalue weighted by atomic mass is 9.73. The van der Waals surface area contributed by atoms with E-state index in [4.69, 9.17) is 4.74 Å². The van der Waals surface area contributed by atoms with Gasteiger partial charge in [0.2, 0.25) is 11.8 Å². The first-order chi connectivity index (χ1) is 10.4. The average molecular weight is 299 g/mol. The number of carbonyl (C=O) groups excluding carboxylic acids is 2. The van der Waals surface area contributed by atoms with Crippen LogP contribution in [0.15, 0.2) is 36.4 Å². The minimum Gasteiger partial charge on any atom is -0.393 e. The number of aliphatic hydroxyl groups is 1. The molecule has 5 nitrogen and oxygen atoms in total. The summed E-state index contributed by atoms with van der Waals surface area (Å²) in [5.74, 6) is -1.76. The Bertz CT molecular complexity index is 710. The number of imide groups is 1. The number of amides is 2. The molecule has 0 aliphatic carbocycles. The van der Waals surface area contributed by atoms with Gasteiger partial charge in [0.1, 0.15) is 5.60 Å². The minimum atomic E-state index is -1.06. The summed E-state index contributed by atoms with van der Waals surface area (Å²) in [4.78, 5) is 26.9. The maximum Gasteiger partial charge on any atom is 0.241 e. The van der Waals surface area contributed by atoms with Gasteiger partial charge in [-0.25, -0.2) is 4.90 Å². The Balaban J connectivity index is 1.80. The van der Waals surface area contributed by atoms with Gasteiger partial charge in [-0.2, -0.15) is 0 Å². The van der Waals surface area contributed by atoms with Crippen molar-refractivity contribution in [2.45, 2.75) is 25.0 Å². The highest BCUT2D eigenvalue weighted by Gasteiger charge is 2.72. The minimum absolute atomic E-state index is 0.249. The van der Waals surface area contributed by atoms with E-state index in [1.54, 1.807) is 31.2 Å². The second kappa shape index (κ2) is 4.06. The Labute approximate surface area is 128 Å². The van der Waals surface area contributed by atoms with Crippen molar-refractivity contribution in [1.82, 2.24) is 0 Å². The maximum absolute atomic E-state index is 12.9. The van der Waals surface area contributed by atoms with E-state index in [2.05, 4.69) is 0 Å². The van der Waals surface area contributed by atoms with Crippen LogP contribution < -0.4 is 4.90 Å². The largest absolute Gasteiger partial charge is 0.393 e. The van der Waals surface area contributed by atoms with Crippen molar-refractivity contribution in [3.63, 3.8) is 0 Å². The van der Waals surface area contributed by atoms with E-state index in [0.29, 0.717) is 5.69 Å². The number of aryl methyl sites for hydroxylation is 1. The van der Waals surface area contributed by atoms with Gasteiger partial charge < -0.3 is 9.84 Å². The molecule has 2 fully saturated rings. The Hall–Kier alpha value is -1.98.